The van der Waals surface area contributed by atoms with Gasteiger partial charge in [-0.25, -0.2) is 9.97 Å². The lowest BCUT2D eigenvalue weighted by atomic mass is 10.1. The summed E-state index contributed by atoms with van der Waals surface area (Å²) in [6, 6.07) is 16.1. The normalized spacial score (nSPS) is 11.1. The molecule has 0 aliphatic heterocycles. The van der Waals surface area contributed by atoms with Crippen LogP contribution in [0.4, 0.5) is 5.69 Å². The Labute approximate surface area is 124 Å². The van der Waals surface area contributed by atoms with Gasteiger partial charge in [0.25, 0.3) is 5.69 Å². The molecule has 0 aliphatic rings. The van der Waals surface area contributed by atoms with Crippen LogP contribution in [0.3, 0.4) is 0 Å². The molecule has 0 saturated heterocycles. The zero-order valence-corrected chi connectivity index (χ0v) is 11.4. The Morgan fingerprint density at radius 2 is 1.91 bits per heavy atom. The summed E-state index contributed by atoms with van der Waals surface area (Å²) in [5.74, 6) is 0.574. The first-order chi connectivity index (χ1) is 10.7. The number of nitrogens with zero attached hydrogens (tertiary/aromatic N) is 4. The first-order valence-corrected chi connectivity index (χ1v) is 6.71. The first-order valence-electron chi connectivity index (χ1n) is 6.71. The van der Waals surface area contributed by atoms with Crippen LogP contribution in [0.5, 0.6) is 0 Å². The van der Waals surface area contributed by atoms with E-state index < -0.39 is 4.92 Å². The van der Waals surface area contributed by atoms with E-state index in [0.29, 0.717) is 5.78 Å². The van der Waals surface area contributed by atoms with Crippen LogP contribution in [0.1, 0.15) is 0 Å². The number of hydrogen-bond donors (Lipinski definition) is 0. The lowest BCUT2D eigenvalue weighted by molar-refractivity contribution is -0.384. The minimum absolute atomic E-state index is 0.0619. The highest BCUT2D eigenvalue weighted by atomic mass is 16.6. The lowest BCUT2D eigenvalue weighted by Gasteiger charge is -2.06. The quantitative estimate of drug-likeness (QED) is 0.418. The van der Waals surface area contributed by atoms with Gasteiger partial charge in [0.05, 0.1) is 21.7 Å². The maximum Gasteiger partial charge on any atom is 0.270 e. The number of nitro benzene ring substituents is 1. The van der Waals surface area contributed by atoms with E-state index in [-0.39, 0.29) is 5.69 Å². The molecule has 0 spiro atoms. The van der Waals surface area contributed by atoms with Crippen LogP contribution >= 0.6 is 0 Å². The molecule has 2 aromatic carbocycles. The number of hydrogen-bond acceptors (Lipinski definition) is 4. The van der Waals surface area contributed by atoms with E-state index in [9.17, 15) is 10.1 Å². The third kappa shape index (κ3) is 1.81. The minimum atomic E-state index is -0.395. The molecule has 0 unspecified atom stereocenters. The Morgan fingerprint density at radius 1 is 1.05 bits per heavy atom. The molecule has 4 rings (SSSR count). The number of nitro groups is 1. The molecular formula is C16H10N4O2. The zero-order valence-electron chi connectivity index (χ0n) is 11.4. The second kappa shape index (κ2) is 4.63. The van der Waals surface area contributed by atoms with Crippen LogP contribution in [0.25, 0.3) is 28.1 Å². The van der Waals surface area contributed by atoms with Crippen molar-refractivity contribution in [1.82, 2.24) is 14.4 Å². The third-order valence-corrected chi connectivity index (χ3v) is 3.56. The summed E-state index contributed by atoms with van der Waals surface area (Å²) in [6.07, 6.45) is 1.66. The smallest absolute Gasteiger partial charge is 0.270 e. The molecule has 0 saturated carbocycles. The molecule has 0 aliphatic carbocycles. The zero-order chi connectivity index (χ0) is 15.1. The molecule has 6 nitrogen and oxygen atoms in total. The van der Waals surface area contributed by atoms with Gasteiger partial charge < -0.3 is 0 Å². The summed E-state index contributed by atoms with van der Waals surface area (Å²) < 4.78 is 1.91. The van der Waals surface area contributed by atoms with Crippen LogP contribution in [0.15, 0.2) is 60.8 Å². The lowest BCUT2D eigenvalue weighted by Crippen LogP contribution is -1.95. The van der Waals surface area contributed by atoms with Crippen molar-refractivity contribution in [3.63, 3.8) is 0 Å². The highest BCUT2D eigenvalue weighted by molar-refractivity contribution is 5.82. The molecular weight excluding hydrogens is 280 g/mol. The Kier molecular flexibility index (Phi) is 2.62. The Balaban J connectivity index is 2.06. The molecule has 2 aromatic heterocycles. The predicted molar refractivity (Wildman–Crippen MR) is 82.6 cm³/mol. The summed E-state index contributed by atoms with van der Waals surface area (Å²) in [5, 5.41) is 11.0. The fourth-order valence-electron chi connectivity index (χ4n) is 2.59. The van der Waals surface area contributed by atoms with Crippen molar-refractivity contribution < 1.29 is 4.92 Å². The van der Waals surface area contributed by atoms with Gasteiger partial charge in [0.2, 0.25) is 5.78 Å². The van der Waals surface area contributed by atoms with E-state index in [4.69, 9.17) is 0 Å². The SMILES string of the molecule is O=[N+]([O-])c1cccc(-c2ccnc3nc4ccccc4n23)c1. The topological polar surface area (TPSA) is 73.3 Å². The molecule has 0 radical (unpaired) electrons. The van der Waals surface area contributed by atoms with Gasteiger partial charge in [0.1, 0.15) is 0 Å². The van der Waals surface area contributed by atoms with Crippen LogP contribution in [-0.2, 0) is 0 Å². The minimum Gasteiger partial charge on any atom is -0.276 e. The van der Waals surface area contributed by atoms with Gasteiger partial charge in [-0.1, -0.05) is 24.3 Å². The van der Waals surface area contributed by atoms with Gasteiger partial charge >= 0.3 is 0 Å². The van der Waals surface area contributed by atoms with Gasteiger partial charge in [-0.3, -0.25) is 14.5 Å². The standard InChI is InChI=1S/C16H10N4O2/c21-20(22)12-5-3-4-11(10-12)14-8-9-17-16-18-13-6-1-2-7-15(13)19(14)16/h1-10H. The number of para-hydroxylation sites is 2. The second-order valence-electron chi connectivity index (χ2n) is 4.87. The van der Waals surface area contributed by atoms with E-state index in [1.807, 2.05) is 40.8 Å². The van der Waals surface area contributed by atoms with Crippen molar-refractivity contribution in [2.75, 3.05) is 0 Å². The number of fused-ring (bicyclic) bond motifs is 3. The van der Waals surface area contributed by atoms with Gasteiger partial charge in [0, 0.05) is 23.9 Å². The summed E-state index contributed by atoms with van der Waals surface area (Å²) in [7, 11) is 0. The van der Waals surface area contributed by atoms with Gasteiger partial charge in [-0.15, -0.1) is 0 Å². The average Bonchev–Trinajstić information content (AvgIpc) is 2.93. The maximum absolute atomic E-state index is 11.0. The van der Waals surface area contributed by atoms with E-state index in [1.165, 1.54) is 6.07 Å². The molecule has 0 amide bonds. The average molecular weight is 290 g/mol. The number of imidazole rings is 1. The van der Waals surface area contributed by atoms with Gasteiger partial charge in [-0.05, 0) is 18.2 Å². The van der Waals surface area contributed by atoms with E-state index in [2.05, 4.69) is 9.97 Å². The molecule has 2 heterocycles. The Morgan fingerprint density at radius 3 is 2.77 bits per heavy atom. The molecule has 0 N–H and O–H groups in total. The number of aromatic nitrogens is 3. The Hall–Kier alpha value is -3.28. The van der Waals surface area contributed by atoms with Gasteiger partial charge in [0.15, 0.2) is 0 Å². The maximum atomic E-state index is 11.0. The van der Waals surface area contributed by atoms with E-state index >= 15 is 0 Å². The number of non-ortho nitro benzene ring substituents is 1. The highest BCUT2D eigenvalue weighted by Gasteiger charge is 2.12. The molecule has 106 valence electrons. The molecule has 22 heavy (non-hydrogen) atoms. The van der Waals surface area contributed by atoms with Crippen LogP contribution in [-0.4, -0.2) is 19.3 Å². The van der Waals surface area contributed by atoms with Crippen molar-refractivity contribution in [3.05, 3.63) is 70.9 Å². The van der Waals surface area contributed by atoms with Crippen LogP contribution in [0.2, 0.25) is 0 Å². The fraction of sp³-hybridized carbons (Fsp3) is 0. The molecule has 4 aromatic rings. The Bertz CT molecular complexity index is 1020. The molecule has 0 bridgehead atoms. The summed E-state index contributed by atoms with van der Waals surface area (Å²) in [5.41, 5.74) is 3.40. The predicted octanol–water partition coefficient (Wildman–Crippen LogP) is 3.46. The van der Waals surface area contributed by atoms with Gasteiger partial charge in [-0.2, -0.15) is 0 Å². The van der Waals surface area contributed by atoms with E-state index in [1.54, 1.807) is 18.3 Å². The largest absolute Gasteiger partial charge is 0.276 e. The molecule has 0 fully saturated rings. The first kappa shape index (κ1) is 12.5. The molecule has 6 heteroatoms. The van der Waals surface area contributed by atoms with Crippen molar-refractivity contribution in [1.29, 1.82) is 0 Å². The number of rotatable bonds is 2. The van der Waals surface area contributed by atoms with Crippen molar-refractivity contribution in [2.45, 2.75) is 0 Å². The summed E-state index contributed by atoms with van der Waals surface area (Å²) >= 11 is 0. The highest BCUT2D eigenvalue weighted by Crippen LogP contribution is 2.27. The fourth-order valence-corrected chi connectivity index (χ4v) is 2.59. The summed E-state index contributed by atoms with van der Waals surface area (Å²) in [6.45, 7) is 0. The second-order valence-corrected chi connectivity index (χ2v) is 4.87. The van der Waals surface area contributed by atoms with Crippen molar-refractivity contribution >= 4 is 22.5 Å². The van der Waals surface area contributed by atoms with E-state index in [0.717, 1.165) is 22.3 Å². The monoisotopic (exact) mass is 290 g/mol. The summed E-state index contributed by atoms with van der Waals surface area (Å²) in [4.78, 5) is 19.3. The van der Waals surface area contributed by atoms with Crippen LogP contribution < -0.4 is 0 Å². The third-order valence-electron chi connectivity index (χ3n) is 3.56. The molecule has 0 atom stereocenters. The number of benzene rings is 2. The van der Waals surface area contributed by atoms with Crippen molar-refractivity contribution in [2.24, 2.45) is 0 Å². The van der Waals surface area contributed by atoms with Crippen molar-refractivity contribution in [3.8, 4) is 11.3 Å². The van der Waals surface area contributed by atoms with Crippen LogP contribution in [0, 0.1) is 10.1 Å².